The number of nitrogens with one attached hydrogen (secondary N) is 1. The van der Waals surface area contributed by atoms with Gasteiger partial charge >= 0.3 is 0 Å². The van der Waals surface area contributed by atoms with Gasteiger partial charge in [0.05, 0.1) is 19.9 Å². The van der Waals surface area contributed by atoms with Crippen molar-refractivity contribution in [3.8, 4) is 11.5 Å². The Labute approximate surface area is 187 Å². The fourth-order valence-electron chi connectivity index (χ4n) is 3.91. The summed E-state index contributed by atoms with van der Waals surface area (Å²) in [5.74, 6) is 1.09. The number of rotatable bonds is 8. The third-order valence-electron chi connectivity index (χ3n) is 5.61. The summed E-state index contributed by atoms with van der Waals surface area (Å²) in [4.78, 5) is 17.6. The van der Waals surface area contributed by atoms with Gasteiger partial charge in [-0.05, 0) is 41.8 Å². The first-order chi connectivity index (χ1) is 15.6. The van der Waals surface area contributed by atoms with Crippen LogP contribution in [0, 0.1) is 6.92 Å². The third kappa shape index (κ3) is 4.59. The number of benzene rings is 2. The topological polar surface area (TPSA) is 64.9 Å². The number of imidazole rings is 1. The predicted molar refractivity (Wildman–Crippen MR) is 124 cm³/mol. The zero-order valence-electron chi connectivity index (χ0n) is 18.5. The van der Waals surface area contributed by atoms with Gasteiger partial charge < -0.3 is 19.2 Å². The van der Waals surface area contributed by atoms with Gasteiger partial charge in [0.25, 0.3) is 0 Å². The number of carbonyl (C=O) groups is 1. The monoisotopic (exact) mass is 429 g/mol. The zero-order chi connectivity index (χ0) is 22.5. The molecule has 2 aromatic carbocycles. The Hall–Kier alpha value is -3.80. The van der Waals surface area contributed by atoms with Crippen molar-refractivity contribution in [3.63, 3.8) is 0 Å². The molecule has 0 aliphatic carbocycles. The van der Waals surface area contributed by atoms with Crippen LogP contribution in [0.5, 0.6) is 11.5 Å². The molecule has 164 valence electrons. The summed E-state index contributed by atoms with van der Waals surface area (Å²) in [7, 11) is 3.25. The third-order valence-corrected chi connectivity index (χ3v) is 5.61. The van der Waals surface area contributed by atoms with Crippen molar-refractivity contribution in [2.75, 3.05) is 14.2 Å². The minimum atomic E-state index is -0.230. The highest BCUT2D eigenvalue weighted by atomic mass is 16.5. The minimum Gasteiger partial charge on any atom is -0.497 e. The van der Waals surface area contributed by atoms with Crippen LogP contribution >= 0.6 is 0 Å². The number of hydrogen-bond acceptors (Lipinski definition) is 4. The van der Waals surface area contributed by atoms with Crippen molar-refractivity contribution in [3.05, 3.63) is 95.4 Å². The molecule has 0 radical (unpaired) electrons. The molecular weight excluding hydrogens is 402 g/mol. The van der Waals surface area contributed by atoms with Crippen LogP contribution in [-0.2, 0) is 11.3 Å². The molecule has 0 spiro atoms. The average molecular weight is 430 g/mol. The van der Waals surface area contributed by atoms with E-state index in [1.165, 1.54) is 0 Å². The molecule has 32 heavy (non-hydrogen) atoms. The van der Waals surface area contributed by atoms with E-state index in [4.69, 9.17) is 9.47 Å². The van der Waals surface area contributed by atoms with Crippen LogP contribution in [0.25, 0.3) is 5.65 Å². The highest BCUT2D eigenvalue weighted by molar-refractivity contribution is 5.77. The summed E-state index contributed by atoms with van der Waals surface area (Å²) in [6, 6.07) is 19.6. The Balaban J connectivity index is 1.70. The van der Waals surface area contributed by atoms with Crippen molar-refractivity contribution in [1.29, 1.82) is 0 Å². The largest absolute Gasteiger partial charge is 0.497 e. The fourth-order valence-corrected chi connectivity index (χ4v) is 3.91. The van der Waals surface area contributed by atoms with E-state index in [-0.39, 0.29) is 18.2 Å². The number of pyridine rings is 1. The van der Waals surface area contributed by atoms with Gasteiger partial charge in [-0.3, -0.25) is 4.79 Å². The van der Waals surface area contributed by atoms with Gasteiger partial charge in [0, 0.05) is 37.3 Å². The number of fused-ring (bicyclic) bond motifs is 1. The molecule has 0 saturated heterocycles. The summed E-state index contributed by atoms with van der Waals surface area (Å²) >= 11 is 0. The van der Waals surface area contributed by atoms with Crippen molar-refractivity contribution in [1.82, 2.24) is 14.7 Å². The first-order valence-electron chi connectivity index (χ1n) is 10.5. The number of aryl methyl sites for hydroxylation is 1. The van der Waals surface area contributed by atoms with Crippen LogP contribution in [0.15, 0.2) is 73.1 Å². The number of ether oxygens (including phenoxy) is 2. The number of carbonyl (C=O) groups excluding carboxylic acids is 1. The maximum absolute atomic E-state index is 13.0. The standard InChI is InChI=1S/C26H27N3O3/c1-18-8-7-11-29-24(17-28-26(18)29)23(20-12-21(31-2)14-22(13-20)32-3)15-25(30)27-16-19-9-5-4-6-10-19/h4-14,17,23H,15-16H2,1-3H3,(H,27,30). The molecule has 6 nitrogen and oxygen atoms in total. The van der Waals surface area contributed by atoms with Gasteiger partial charge in [-0.1, -0.05) is 36.4 Å². The van der Waals surface area contributed by atoms with E-state index in [1.807, 2.05) is 80.0 Å². The molecule has 1 amide bonds. The molecule has 0 aliphatic rings. The lowest BCUT2D eigenvalue weighted by Crippen LogP contribution is -2.25. The van der Waals surface area contributed by atoms with Crippen LogP contribution in [0.2, 0.25) is 0 Å². The Morgan fingerprint density at radius 1 is 1.03 bits per heavy atom. The van der Waals surface area contributed by atoms with Crippen molar-refractivity contribution >= 4 is 11.6 Å². The maximum Gasteiger partial charge on any atom is 0.221 e. The van der Waals surface area contributed by atoms with E-state index >= 15 is 0 Å². The molecule has 1 unspecified atom stereocenters. The lowest BCUT2D eigenvalue weighted by Gasteiger charge is -2.19. The predicted octanol–water partition coefficient (Wildman–Crippen LogP) is 4.50. The molecule has 0 saturated carbocycles. The van der Waals surface area contributed by atoms with Crippen molar-refractivity contribution in [2.24, 2.45) is 0 Å². The summed E-state index contributed by atoms with van der Waals surface area (Å²) in [5.41, 5.74) is 4.89. The minimum absolute atomic E-state index is 0.0387. The van der Waals surface area contributed by atoms with Crippen LogP contribution in [0.4, 0.5) is 0 Å². The Morgan fingerprint density at radius 3 is 2.44 bits per heavy atom. The van der Waals surface area contributed by atoms with Gasteiger partial charge in [-0.15, -0.1) is 0 Å². The van der Waals surface area contributed by atoms with E-state index in [0.29, 0.717) is 18.0 Å². The number of amides is 1. The normalized spacial score (nSPS) is 11.8. The van der Waals surface area contributed by atoms with Gasteiger partial charge in [-0.2, -0.15) is 0 Å². The summed E-state index contributed by atoms with van der Waals surface area (Å²) in [5, 5.41) is 3.05. The SMILES string of the molecule is COc1cc(OC)cc(C(CC(=O)NCc2ccccc2)c2cnc3c(C)cccn23)c1. The molecular formula is C26H27N3O3. The first kappa shape index (κ1) is 21.4. The summed E-state index contributed by atoms with van der Waals surface area (Å²) in [6.07, 6.45) is 4.10. The molecule has 0 fully saturated rings. The molecule has 4 aromatic rings. The van der Waals surface area contributed by atoms with Crippen LogP contribution in [0.1, 0.15) is 34.7 Å². The van der Waals surface area contributed by atoms with E-state index < -0.39 is 0 Å². The van der Waals surface area contributed by atoms with Crippen LogP contribution in [-0.4, -0.2) is 29.5 Å². The highest BCUT2D eigenvalue weighted by Gasteiger charge is 2.23. The van der Waals surface area contributed by atoms with Crippen molar-refractivity contribution in [2.45, 2.75) is 25.8 Å². The average Bonchev–Trinajstić information content (AvgIpc) is 3.26. The Morgan fingerprint density at radius 2 is 1.75 bits per heavy atom. The fraction of sp³-hybridized carbons (Fsp3) is 0.231. The second kappa shape index (κ2) is 9.56. The van der Waals surface area contributed by atoms with E-state index in [0.717, 1.165) is 28.0 Å². The second-order valence-corrected chi connectivity index (χ2v) is 7.73. The molecule has 6 heteroatoms. The summed E-state index contributed by atoms with van der Waals surface area (Å²) < 4.78 is 13.0. The quantitative estimate of drug-likeness (QED) is 0.448. The van der Waals surface area contributed by atoms with Crippen LogP contribution < -0.4 is 14.8 Å². The number of nitrogens with zero attached hydrogens (tertiary/aromatic N) is 2. The number of aromatic nitrogens is 2. The van der Waals surface area contributed by atoms with Gasteiger partial charge in [0.15, 0.2) is 0 Å². The lowest BCUT2D eigenvalue weighted by molar-refractivity contribution is -0.121. The lowest BCUT2D eigenvalue weighted by atomic mass is 9.91. The molecule has 1 N–H and O–H groups in total. The molecule has 0 aliphatic heterocycles. The Kier molecular flexibility index (Phi) is 6.40. The summed E-state index contributed by atoms with van der Waals surface area (Å²) in [6.45, 7) is 2.52. The zero-order valence-corrected chi connectivity index (χ0v) is 18.5. The second-order valence-electron chi connectivity index (χ2n) is 7.73. The maximum atomic E-state index is 13.0. The highest BCUT2D eigenvalue weighted by Crippen LogP contribution is 2.34. The van der Waals surface area contributed by atoms with Crippen molar-refractivity contribution < 1.29 is 14.3 Å². The van der Waals surface area contributed by atoms with E-state index in [9.17, 15) is 4.79 Å². The van der Waals surface area contributed by atoms with Gasteiger partial charge in [0.1, 0.15) is 17.1 Å². The molecule has 1 atom stereocenters. The van der Waals surface area contributed by atoms with E-state index in [2.05, 4.69) is 14.7 Å². The van der Waals surface area contributed by atoms with Gasteiger partial charge in [-0.25, -0.2) is 4.98 Å². The van der Waals surface area contributed by atoms with Crippen LogP contribution in [0.3, 0.4) is 0 Å². The van der Waals surface area contributed by atoms with Gasteiger partial charge in [0.2, 0.25) is 5.91 Å². The smallest absolute Gasteiger partial charge is 0.221 e. The van der Waals surface area contributed by atoms with E-state index in [1.54, 1.807) is 14.2 Å². The first-order valence-corrected chi connectivity index (χ1v) is 10.5. The molecule has 0 bridgehead atoms. The number of methoxy groups -OCH3 is 2. The Bertz CT molecular complexity index is 1200. The molecule has 2 aromatic heterocycles. The molecule has 4 rings (SSSR count). The molecule has 2 heterocycles. The number of hydrogen-bond donors (Lipinski definition) is 1.